The number of amides is 1. The Morgan fingerprint density at radius 3 is 3.12 bits per heavy atom. The van der Waals surface area contributed by atoms with Gasteiger partial charge in [0.2, 0.25) is 5.91 Å². The van der Waals surface area contributed by atoms with Crippen LogP contribution in [0.15, 0.2) is 24.9 Å². The number of hydrogen-bond acceptors (Lipinski definition) is 5. The van der Waals surface area contributed by atoms with E-state index in [0.29, 0.717) is 26.1 Å². The standard InChI is InChI=1S/C17H26N6O2/c1-21(2)11-14-10-19-17(20-14)15-12-23(8-9-25-15)16(24)4-3-6-22-7-5-18-13-22/h5,7,10,13,15H,3-4,6,8-9,11-12H2,1-2H3,(H,19,20)/t15-/m1/s1. The maximum absolute atomic E-state index is 12.5. The van der Waals surface area contributed by atoms with Crippen LogP contribution < -0.4 is 0 Å². The van der Waals surface area contributed by atoms with E-state index in [4.69, 9.17) is 4.74 Å². The first-order chi connectivity index (χ1) is 12.1. The summed E-state index contributed by atoms with van der Waals surface area (Å²) < 4.78 is 7.80. The normalized spacial score (nSPS) is 18.0. The van der Waals surface area contributed by atoms with Crippen molar-refractivity contribution in [1.82, 2.24) is 29.3 Å². The number of nitrogens with zero attached hydrogens (tertiary/aromatic N) is 5. The van der Waals surface area contributed by atoms with E-state index in [1.54, 1.807) is 12.5 Å². The van der Waals surface area contributed by atoms with Gasteiger partial charge in [-0.1, -0.05) is 0 Å². The molecule has 2 aromatic heterocycles. The van der Waals surface area contributed by atoms with E-state index in [2.05, 4.69) is 19.9 Å². The second kappa shape index (κ2) is 8.26. The smallest absolute Gasteiger partial charge is 0.222 e. The Hall–Kier alpha value is -2.19. The van der Waals surface area contributed by atoms with Gasteiger partial charge in [-0.15, -0.1) is 0 Å². The van der Waals surface area contributed by atoms with Crippen molar-refractivity contribution in [2.75, 3.05) is 33.8 Å². The van der Waals surface area contributed by atoms with Crippen LogP contribution in [-0.4, -0.2) is 69.0 Å². The molecule has 0 aromatic carbocycles. The van der Waals surface area contributed by atoms with E-state index in [1.807, 2.05) is 36.0 Å². The molecule has 25 heavy (non-hydrogen) atoms. The molecule has 0 bridgehead atoms. The second-order valence-electron chi connectivity index (χ2n) is 6.63. The van der Waals surface area contributed by atoms with Crippen molar-refractivity contribution >= 4 is 5.91 Å². The van der Waals surface area contributed by atoms with Crippen LogP contribution in [0.2, 0.25) is 0 Å². The number of nitrogens with one attached hydrogen (secondary N) is 1. The Morgan fingerprint density at radius 2 is 2.36 bits per heavy atom. The van der Waals surface area contributed by atoms with E-state index in [0.717, 1.165) is 31.0 Å². The molecule has 1 aliphatic rings. The number of morpholine rings is 1. The van der Waals surface area contributed by atoms with Gasteiger partial charge in [0, 0.05) is 50.3 Å². The minimum absolute atomic E-state index is 0.175. The lowest BCUT2D eigenvalue weighted by Crippen LogP contribution is -2.42. The predicted octanol–water partition coefficient (Wildman–Crippen LogP) is 1.05. The molecule has 3 heterocycles. The summed E-state index contributed by atoms with van der Waals surface area (Å²) in [6.07, 6.45) is 8.45. The molecule has 0 aliphatic carbocycles. The number of aromatic amines is 1. The Morgan fingerprint density at radius 1 is 1.48 bits per heavy atom. The average Bonchev–Trinajstić information content (AvgIpc) is 3.26. The highest BCUT2D eigenvalue weighted by molar-refractivity contribution is 5.76. The van der Waals surface area contributed by atoms with Crippen LogP contribution in [0.1, 0.15) is 30.5 Å². The third-order valence-electron chi connectivity index (χ3n) is 4.22. The fourth-order valence-electron chi connectivity index (χ4n) is 2.99. The number of aromatic nitrogens is 4. The molecule has 8 nitrogen and oxygen atoms in total. The number of rotatable bonds is 7. The summed E-state index contributed by atoms with van der Waals surface area (Å²) in [5.41, 5.74) is 1.05. The summed E-state index contributed by atoms with van der Waals surface area (Å²) in [5, 5.41) is 0. The molecule has 1 aliphatic heterocycles. The van der Waals surface area contributed by atoms with E-state index >= 15 is 0 Å². The zero-order chi connectivity index (χ0) is 17.6. The van der Waals surface area contributed by atoms with Crippen molar-refractivity contribution in [3.05, 3.63) is 36.4 Å². The highest BCUT2D eigenvalue weighted by Gasteiger charge is 2.27. The lowest BCUT2D eigenvalue weighted by atomic mass is 10.2. The second-order valence-corrected chi connectivity index (χ2v) is 6.63. The van der Waals surface area contributed by atoms with Crippen LogP contribution >= 0.6 is 0 Å². The van der Waals surface area contributed by atoms with Crippen molar-refractivity contribution in [2.45, 2.75) is 32.0 Å². The molecule has 3 rings (SSSR count). The quantitative estimate of drug-likeness (QED) is 0.811. The van der Waals surface area contributed by atoms with Gasteiger partial charge in [0.15, 0.2) is 0 Å². The van der Waals surface area contributed by atoms with E-state index in [9.17, 15) is 4.79 Å². The topological polar surface area (TPSA) is 79.3 Å². The van der Waals surface area contributed by atoms with Crippen LogP contribution in [0.5, 0.6) is 0 Å². The monoisotopic (exact) mass is 346 g/mol. The van der Waals surface area contributed by atoms with E-state index < -0.39 is 0 Å². The molecule has 0 unspecified atom stereocenters. The van der Waals surface area contributed by atoms with Gasteiger partial charge >= 0.3 is 0 Å². The van der Waals surface area contributed by atoms with Crippen molar-refractivity contribution in [3.8, 4) is 0 Å². The van der Waals surface area contributed by atoms with Gasteiger partial charge in [0.1, 0.15) is 11.9 Å². The molecule has 0 spiro atoms. The SMILES string of the molecule is CN(C)Cc1cnc([C@H]2CN(C(=O)CCCn3ccnc3)CCO2)[nH]1. The van der Waals surface area contributed by atoms with Gasteiger partial charge in [-0.05, 0) is 20.5 Å². The molecule has 136 valence electrons. The zero-order valence-electron chi connectivity index (χ0n) is 14.9. The molecule has 8 heteroatoms. The summed E-state index contributed by atoms with van der Waals surface area (Å²) in [6, 6.07) is 0. The van der Waals surface area contributed by atoms with Crippen molar-refractivity contribution in [1.29, 1.82) is 0 Å². The first kappa shape index (κ1) is 17.6. The molecular formula is C17H26N6O2. The Kier molecular flexibility index (Phi) is 5.83. The summed E-state index contributed by atoms with van der Waals surface area (Å²) in [6.45, 7) is 3.36. The molecule has 1 atom stereocenters. The van der Waals surface area contributed by atoms with Gasteiger partial charge in [0.25, 0.3) is 0 Å². The molecule has 1 saturated heterocycles. The van der Waals surface area contributed by atoms with Gasteiger partial charge < -0.3 is 24.1 Å². The highest BCUT2D eigenvalue weighted by atomic mass is 16.5. The van der Waals surface area contributed by atoms with Gasteiger partial charge in [-0.2, -0.15) is 0 Å². The molecule has 2 aromatic rings. The molecule has 1 N–H and O–H groups in total. The van der Waals surface area contributed by atoms with E-state index in [-0.39, 0.29) is 12.0 Å². The number of H-pyrrole nitrogens is 1. The Labute approximate surface area is 147 Å². The molecule has 0 saturated carbocycles. The van der Waals surface area contributed by atoms with Gasteiger partial charge in [-0.3, -0.25) is 4.79 Å². The average molecular weight is 346 g/mol. The number of carbonyl (C=O) groups excluding carboxylic acids is 1. The fourth-order valence-corrected chi connectivity index (χ4v) is 2.99. The maximum Gasteiger partial charge on any atom is 0.222 e. The van der Waals surface area contributed by atoms with Crippen LogP contribution in [0.3, 0.4) is 0 Å². The third kappa shape index (κ3) is 4.90. The fraction of sp³-hybridized carbons (Fsp3) is 0.588. The van der Waals surface area contributed by atoms with Crippen LogP contribution in [0, 0.1) is 0 Å². The maximum atomic E-state index is 12.5. The van der Waals surface area contributed by atoms with Crippen molar-refractivity contribution in [3.63, 3.8) is 0 Å². The minimum Gasteiger partial charge on any atom is -0.367 e. The highest BCUT2D eigenvalue weighted by Crippen LogP contribution is 2.20. The molecule has 1 amide bonds. The van der Waals surface area contributed by atoms with Gasteiger partial charge in [-0.25, -0.2) is 9.97 Å². The third-order valence-corrected chi connectivity index (χ3v) is 4.22. The molecular weight excluding hydrogens is 320 g/mol. The Bertz CT molecular complexity index is 666. The van der Waals surface area contributed by atoms with Crippen LogP contribution in [0.25, 0.3) is 0 Å². The summed E-state index contributed by atoms with van der Waals surface area (Å²) in [5.74, 6) is 0.973. The van der Waals surface area contributed by atoms with Crippen molar-refractivity contribution in [2.24, 2.45) is 0 Å². The predicted molar refractivity (Wildman–Crippen MR) is 92.7 cm³/mol. The molecule has 0 radical (unpaired) electrons. The lowest BCUT2D eigenvalue weighted by molar-refractivity contribution is -0.139. The first-order valence-corrected chi connectivity index (χ1v) is 8.65. The summed E-state index contributed by atoms with van der Waals surface area (Å²) >= 11 is 0. The van der Waals surface area contributed by atoms with E-state index in [1.165, 1.54) is 0 Å². The molecule has 1 fully saturated rings. The van der Waals surface area contributed by atoms with Crippen molar-refractivity contribution < 1.29 is 9.53 Å². The largest absolute Gasteiger partial charge is 0.367 e. The van der Waals surface area contributed by atoms with Crippen LogP contribution in [-0.2, 0) is 22.6 Å². The zero-order valence-corrected chi connectivity index (χ0v) is 14.9. The number of ether oxygens (including phenoxy) is 1. The Balaban J connectivity index is 1.50. The first-order valence-electron chi connectivity index (χ1n) is 8.65. The minimum atomic E-state index is -0.178. The number of aryl methyl sites for hydroxylation is 1. The number of hydrogen-bond donors (Lipinski definition) is 1. The number of carbonyl (C=O) groups is 1. The number of imidazole rings is 2. The lowest BCUT2D eigenvalue weighted by Gasteiger charge is -2.32. The van der Waals surface area contributed by atoms with Gasteiger partial charge in [0.05, 0.1) is 19.5 Å². The van der Waals surface area contributed by atoms with Crippen LogP contribution in [0.4, 0.5) is 0 Å². The summed E-state index contributed by atoms with van der Waals surface area (Å²) in [4.78, 5) is 28.2. The summed E-state index contributed by atoms with van der Waals surface area (Å²) in [7, 11) is 4.03.